The summed E-state index contributed by atoms with van der Waals surface area (Å²) in [5.41, 5.74) is 1.54. The van der Waals surface area contributed by atoms with Crippen LogP contribution in [0.15, 0.2) is 60.7 Å². The first kappa shape index (κ1) is 18.7. The van der Waals surface area contributed by atoms with Gasteiger partial charge in [0.05, 0.1) is 6.54 Å². The van der Waals surface area contributed by atoms with E-state index < -0.39 is 0 Å². The monoisotopic (exact) mass is 377 g/mol. The van der Waals surface area contributed by atoms with Crippen LogP contribution in [0.4, 0.5) is 5.69 Å². The van der Waals surface area contributed by atoms with Gasteiger partial charge < -0.3 is 10.6 Å². The average molecular weight is 377 g/mol. The van der Waals surface area contributed by atoms with E-state index in [2.05, 4.69) is 15.5 Å². The SMILES string of the molecule is O=C(CN1[C@@H]2CCC[C@@H]1CC(NC(=O)c1ccccc1)C2)Nc1ccccc1. The second-order valence-electron chi connectivity index (χ2n) is 7.83. The lowest BCUT2D eigenvalue weighted by Gasteiger charge is -2.48. The van der Waals surface area contributed by atoms with E-state index in [0.717, 1.165) is 31.4 Å². The molecule has 0 radical (unpaired) electrons. The standard InChI is InChI=1S/C23H27N3O2/c27-22(24-18-10-5-2-6-11-18)16-26-20-12-7-13-21(26)15-19(14-20)25-23(28)17-8-3-1-4-9-17/h1-6,8-11,19-21H,7,12-16H2,(H,24,27)(H,25,28)/t20-,21-/m1/s1. The first-order valence-corrected chi connectivity index (χ1v) is 10.2. The van der Waals surface area contributed by atoms with Crippen molar-refractivity contribution < 1.29 is 9.59 Å². The summed E-state index contributed by atoms with van der Waals surface area (Å²) in [5.74, 6) is 0.0359. The van der Waals surface area contributed by atoms with Gasteiger partial charge in [0.15, 0.2) is 0 Å². The second kappa shape index (κ2) is 8.57. The molecule has 4 rings (SSSR count). The predicted molar refractivity (Wildman–Crippen MR) is 110 cm³/mol. The van der Waals surface area contributed by atoms with Crippen molar-refractivity contribution in [2.45, 2.75) is 50.2 Å². The van der Waals surface area contributed by atoms with Gasteiger partial charge in [-0.1, -0.05) is 42.8 Å². The Morgan fingerprint density at radius 1 is 0.893 bits per heavy atom. The number of carbonyl (C=O) groups is 2. The van der Waals surface area contributed by atoms with Gasteiger partial charge in [0.25, 0.3) is 5.91 Å². The Kier molecular flexibility index (Phi) is 5.72. The lowest BCUT2D eigenvalue weighted by molar-refractivity contribution is -0.120. The number of para-hydroxylation sites is 1. The van der Waals surface area contributed by atoms with E-state index in [4.69, 9.17) is 0 Å². The Bertz CT molecular complexity index is 795. The zero-order chi connectivity index (χ0) is 19.3. The lowest BCUT2D eigenvalue weighted by Crippen LogP contribution is -2.58. The molecule has 2 aliphatic rings. The van der Waals surface area contributed by atoms with Crippen molar-refractivity contribution in [3.05, 3.63) is 66.2 Å². The molecule has 146 valence electrons. The summed E-state index contributed by atoms with van der Waals surface area (Å²) >= 11 is 0. The fourth-order valence-corrected chi connectivity index (χ4v) is 4.60. The zero-order valence-electron chi connectivity index (χ0n) is 16.0. The van der Waals surface area contributed by atoms with Gasteiger partial charge in [-0.3, -0.25) is 14.5 Å². The first-order valence-electron chi connectivity index (χ1n) is 10.2. The number of nitrogens with zero attached hydrogens (tertiary/aromatic N) is 1. The molecule has 2 heterocycles. The topological polar surface area (TPSA) is 61.4 Å². The van der Waals surface area contributed by atoms with Crippen LogP contribution in [-0.2, 0) is 4.79 Å². The van der Waals surface area contributed by atoms with Gasteiger partial charge in [0, 0.05) is 29.4 Å². The summed E-state index contributed by atoms with van der Waals surface area (Å²) in [4.78, 5) is 27.4. The van der Waals surface area contributed by atoms with Crippen LogP contribution in [0.1, 0.15) is 42.5 Å². The molecule has 2 aromatic carbocycles. The third-order valence-electron chi connectivity index (χ3n) is 5.88. The summed E-state index contributed by atoms with van der Waals surface area (Å²) < 4.78 is 0. The largest absolute Gasteiger partial charge is 0.349 e. The Morgan fingerprint density at radius 2 is 1.50 bits per heavy atom. The smallest absolute Gasteiger partial charge is 0.251 e. The van der Waals surface area contributed by atoms with Crippen LogP contribution in [-0.4, -0.2) is 41.4 Å². The minimum Gasteiger partial charge on any atom is -0.349 e. The van der Waals surface area contributed by atoms with Crippen LogP contribution >= 0.6 is 0 Å². The molecule has 2 atom stereocenters. The van der Waals surface area contributed by atoms with Gasteiger partial charge in [-0.15, -0.1) is 0 Å². The maximum Gasteiger partial charge on any atom is 0.251 e. The molecule has 2 aliphatic heterocycles. The summed E-state index contributed by atoms with van der Waals surface area (Å²) in [6.07, 6.45) is 5.20. The van der Waals surface area contributed by atoms with Crippen LogP contribution in [0, 0.1) is 0 Å². The van der Waals surface area contributed by atoms with Crippen LogP contribution < -0.4 is 10.6 Å². The van der Waals surface area contributed by atoms with Crippen molar-refractivity contribution in [2.24, 2.45) is 0 Å². The molecule has 0 saturated carbocycles. The molecule has 2 bridgehead atoms. The zero-order valence-corrected chi connectivity index (χ0v) is 16.0. The average Bonchev–Trinajstić information content (AvgIpc) is 2.70. The van der Waals surface area contributed by atoms with E-state index in [9.17, 15) is 9.59 Å². The number of anilines is 1. The van der Waals surface area contributed by atoms with Crippen molar-refractivity contribution in [1.82, 2.24) is 10.2 Å². The molecule has 2 N–H and O–H groups in total. The third kappa shape index (κ3) is 4.42. The van der Waals surface area contributed by atoms with Crippen molar-refractivity contribution in [1.29, 1.82) is 0 Å². The number of piperidine rings is 2. The highest BCUT2D eigenvalue weighted by molar-refractivity contribution is 5.94. The Labute approximate surface area is 166 Å². The third-order valence-corrected chi connectivity index (χ3v) is 5.88. The van der Waals surface area contributed by atoms with Crippen LogP contribution in [0.2, 0.25) is 0 Å². The van der Waals surface area contributed by atoms with Crippen LogP contribution in [0.5, 0.6) is 0 Å². The van der Waals surface area contributed by atoms with Gasteiger partial charge in [-0.2, -0.15) is 0 Å². The van der Waals surface area contributed by atoms with Crippen molar-refractivity contribution in [2.75, 3.05) is 11.9 Å². The highest BCUT2D eigenvalue weighted by Crippen LogP contribution is 2.34. The number of fused-ring (bicyclic) bond motifs is 2. The molecule has 0 aromatic heterocycles. The van der Waals surface area contributed by atoms with Crippen LogP contribution in [0.3, 0.4) is 0 Å². The molecule has 28 heavy (non-hydrogen) atoms. The highest BCUT2D eigenvalue weighted by atomic mass is 16.2. The van der Waals surface area contributed by atoms with Crippen molar-refractivity contribution in [3.63, 3.8) is 0 Å². The molecule has 2 amide bonds. The Balaban J connectivity index is 1.35. The summed E-state index contributed by atoms with van der Waals surface area (Å²) in [5, 5.41) is 6.20. The molecule has 0 aliphatic carbocycles. The maximum absolute atomic E-state index is 12.5. The quantitative estimate of drug-likeness (QED) is 0.839. The number of benzene rings is 2. The fourth-order valence-electron chi connectivity index (χ4n) is 4.60. The van der Waals surface area contributed by atoms with Gasteiger partial charge in [-0.25, -0.2) is 0 Å². The lowest BCUT2D eigenvalue weighted by atomic mass is 9.81. The number of carbonyl (C=O) groups excluding carboxylic acids is 2. The summed E-state index contributed by atoms with van der Waals surface area (Å²) in [6, 6.07) is 19.9. The second-order valence-corrected chi connectivity index (χ2v) is 7.83. The number of nitrogens with one attached hydrogen (secondary N) is 2. The first-order chi connectivity index (χ1) is 13.7. The molecule has 0 spiro atoms. The number of hydrogen-bond acceptors (Lipinski definition) is 3. The number of hydrogen-bond donors (Lipinski definition) is 2. The molecule has 2 saturated heterocycles. The van der Waals surface area contributed by atoms with Crippen molar-refractivity contribution in [3.8, 4) is 0 Å². The van der Waals surface area contributed by atoms with Crippen molar-refractivity contribution >= 4 is 17.5 Å². The number of amides is 2. The maximum atomic E-state index is 12.5. The highest BCUT2D eigenvalue weighted by Gasteiger charge is 2.39. The Morgan fingerprint density at radius 3 is 2.14 bits per heavy atom. The summed E-state index contributed by atoms with van der Waals surface area (Å²) in [6.45, 7) is 0.420. The van der Waals surface area contributed by atoms with E-state index in [1.807, 2.05) is 60.7 Å². The van der Waals surface area contributed by atoms with Gasteiger partial charge in [-0.05, 0) is 49.9 Å². The molecular formula is C23H27N3O2. The van der Waals surface area contributed by atoms with E-state index in [-0.39, 0.29) is 17.9 Å². The molecule has 5 nitrogen and oxygen atoms in total. The van der Waals surface area contributed by atoms with E-state index >= 15 is 0 Å². The molecule has 2 aromatic rings. The van der Waals surface area contributed by atoms with E-state index in [1.165, 1.54) is 6.42 Å². The van der Waals surface area contributed by atoms with Gasteiger partial charge >= 0.3 is 0 Å². The fraction of sp³-hybridized carbons (Fsp3) is 0.391. The van der Waals surface area contributed by atoms with E-state index in [0.29, 0.717) is 24.2 Å². The Hall–Kier alpha value is -2.66. The summed E-state index contributed by atoms with van der Waals surface area (Å²) in [7, 11) is 0. The minimum atomic E-state index is -0.000978. The van der Waals surface area contributed by atoms with Gasteiger partial charge in [0.1, 0.15) is 0 Å². The minimum absolute atomic E-state index is 0.000978. The molecule has 0 unspecified atom stereocenters. The number of rotatable bonds is 5. The normalized spacial score (nSPS) is 24.4. The van der Waals surface area contributed by atoms with E-state index in [1.54, 1.807) is 0 Å². The molecular weight excluding hydrogens is 350 g/mol. The van der Waals surface area contributed by atoms with Crippen LogP contribution in [0.25, 0.3) is 0 Å². The predicted octanol–water partition coefficient (Wildman–Crippen LogP) is 3.44. The molecule has 2 fully saturated rings. The molecule has 5 heteroatoms. The van der Waals surface area contributed by atoms with Gasteiger partial charge in [0.2, 0.25) is 5.91 Å².